The largest absolute Gasteiger partial charge is 0.378 e. The summed E-state index contributed by atoms with van der Waals surface area (Å²) in [6.07, 6.45) is 3.12. The Morgan fingerprint density at radius 1 is 1.40 bits per heavy atom. The molecule has 0 amide bonds. The van der Waals surface area contributed by atoms with Crippen LogP contribution < -0.4 is 0 Å². The van der Waals surface area contributed by atoms with Gasteiger partial charge in [-0.3, -0.25) is 4.79 Å². The van der Waals surface area contributed by atoms with Gasteiger partial charge in [-0.2, -0.15) is 0 Å². The van der Waals surface area contributed by atoms with Gasteiger partial charge in [-0.25, -0.2) is 0 Å². The number of carbonyl (C=O) groups excluding carboxylic acids is 1. The Morgan fingerprint density at radius 3 is 2.53 bits per heavy atom. The molecule has 0 aromatic heterocycles. The first-order valence-corrected chi connectivity index (χ1v) is 6.16. The van der Waals surface area contributed by atoms with Crippen molar-refractivity contribution in [2.24, 2.45) is 17.8 Å². The van der Waals surface area contributed by atoms with Crippen molar-refractivity contribution in [3.63, 3.8) is 0 Å². The average Bonchev–Trinajstić information content (AvgIpc) is 2.47. The summed E-state index contributed by atoms with van der Waals surface area (Å²) in [4.78, 5) is 11.4. The Morgan fingerprint density at radius 2 is 2.07 bits per heavy atom. The maximum atomic E-state index is 11.4. The first-order chi connectivity index (χ1) is 7.02. The molecule has 0 aromatic carbocycles. The van der Waals surface area contributed by atoms with Crippen LogP contribution in [0.2, 0.25) is 0 Å². The van der Waals surface area contributed by atoms with E-state index in [0.29, 0.717) is 17.6 Å². The molecular weight excluding hydrogens is 188 g/mol. The Balaban J connectivity index is 2.28. The minimum Gasteiger partial charge on any atom is -0.378 e. The van der Waals surface area contributed by atoms with Crippen LogP contribution in [0.1, 0.15) is 47.0 Å². The Hall–Kier alpha value is -0.370. The van der Waals surface area contributed by atoms with Gasteiger partial charge < -0.3 is 4.74 Å². The van der Waals surface area contributed by atoms with Gasteiger partial charge in [-0.1, -0.05) is 20.8 Å². The van der Waals surface area contributed by atoms with Crippen LogP contribution in [0.25, 0.3) is 0 Å². The molecule has 0 aromatic rings. The highest BCUT2D eigenvalue weighted by Gasteiger charge is 2.34. The highest BCUT2D eigenvalue weighted by atomic mass is 16.5. The zero-order valence-electron chi connectivity index (χ0n) is 10.5. The maximum Gasteiger partial charge on any atom is 0.136 e. The molecule has 1 rings (SSSR count). The molecule has 0 N–H and O–H groups in total. The SMILES string of the molecule is CC(C)CCO[C@@H](C)[C@H]1CCC(=O)[C@@H]1C. The van der Waals surface area contributed by atoms with E-state index in [1.165, 1.54) is 0 Å². The highest BCUT2D eigenvalue weighted by molar-refractivity contribution is 5.83. The second-order valence-corrected chi connectivity index (χ2v) is 5.22. The topological polar surface area (TPSA) is 26.3 Å². The number of rotatable bonds is 5. The molecule has 15 heavy (non-hydrogen) atoms. The third kappa shape index (κ3) is 3.60. The van der Waals surface area contributed by atoms with Gasteiger partial charge in [0, 0.05) is 18.9 Å². The van der Waals surface area contributed by atoms with Crippen LogP contribution in [0.4, 0.5) is 0 Å². The summed E-state index contributed by atoms with van der Waals surface area (Å²) < 4.78 is 5.80. The first kappa shape index (κ1) is 12.7. The van der Waals surface area contributed by atoms with Crippen molar-refractivity contribution in [1.82, 2.24) is 0 Å². The lowest BCUT2D eigenvalue weighted by molar-refractivity contribution is -0.121. The van der Waals surface area contributed by atoms with E-state index >= 15 is 0 Å². The van der Waals surface area contributed by atoms with Gasteiger partial charge in [0.25, 0.3) is 0 Å². The molecule has 0 saturated heterocycles. The third-order valence-electron chi connectivity index (χ3n) is 3.55. The number of hydrogen-bond donors (Lipinski definition) is 0. The molecule has 3 atom stereocenters. The van der Waals surface area contributed by atoms with Crippen LogP contribution in [0.5, 0.6) is 0 Å². The monoisotopic (exact) mass is 212 g/mol. The van der Waals surface area contributed by atoms with Gasteiger partial charge in [0.1, 0.15) is 5.78 Å². The molecule has 0 radical (unpaired) electrons. The molecule has 1 aliphatic carbocycles. The lowest BCUT2D eigenvalue weighted by Crippen LogP contribution is -2.25. The highest BCUT2D eigenvalue weighted by Crippen LogP contribution is 2.32. The van der Waals surface area contributed by atoms with Crippen LogP contribution >= 0.6 is 0 Å². The van der Waals surface area contributed by atoms with Gasteiger partial charge in [0.05, 0.1) is 6.10 Å². The second kappa shape index (κ2) is 5.64. The summed E-state index contributed by atoms with van der Waals surface area (Å²) in [5.74, 6) is 1.77. The zero-order chi connectivity index (χ0) is 11.4. The predicted molar refractivity (Wildman–Crippen MR) is 61.8 cm³/mol. The van der Waals surface area contributed by atoms with E-state index in [1.807, 2.05) is 6.92 Å². The van der Waals surface area contributed by atoms with Gasteiger partial charge >= 0.3 is 0 Å². The van der Waals surface area contributed by atoms with Crippen molar-refractivity contribution in [2.45, 2.75) is 53.1 Å². The number of ketones is 1. The third-order valence-corrected chi connectivity index (χ3v) is 3.55. The lowest BCUT2D eigenvalue weighted by atomic mass is 9.93. The number of carbonyl (C=O) groups is 1. The van der Waals surface area contributed by atoms with E-state index in [-0.39, 0.29) is 12.0 Å². The molecule has 0 spiro atoms. The van der Waals surface area contributed by atoms with E-state index in [1.54, 1.807) is 0 Å². The standard InChI is InChI=1S/C13H24O2/c1-9(2)7-8-15-11(4)12-5-6-13(14)10(12)3/h9-12H,5-8H2,1-4H3/t10-,11+,12+/m1/s1. The van der Waals surface area contributed by atoms with E-state index in [9.17, 15) is 4.79 Å². The fourth-order valence-electron chi connectivity index (χ4n) is 2.28. The van der Waals surface area contributed by atoms with Gasteiger partial charge in [0.15, 0.2) is 0 Å². The van der Waals surface area contributed by atoms with Crippen molar-refractivity contribution in [2.75, 3.05) is 6.61 Å². The van der Waals surface area contributed by atoms with Crippen LogP contribution in [0, 0.1) is 17.8 Å². The van der Waals surface area contributed by atoms with Crippen molar-refractivity contribution < 1.29 is 9.53 Å². The molecule has 1 aliphatic rings. The summed E-state index contributed by atoms with van der Waals surface area (Å²) in [6.45, 7) is 9.39. The lowest BCUT2D eigenvalue weighted by Gasteiger charge is -2.23. The molecule has 2 nitrogen and oxygen atoms in total. The van der Waals surface area contributed by atoms with Gasteiger partial charge in [-0.05, 0) is 31.6 Å². The van der Waals surface area contributed by atoms with E-state index in [2.05, 4.69) is 20.8 Å². The smallest absolute Gasteiger partial charge is 0.136 e. The summed E-state index contributed by atoms with van der Waals surface area (Å²) >= 11 is 0. The van der Waals surface area contributed by atoms with Crippen LogP contribution in [0.3, 0.4) is 0 Å². The molecule has 2 heteroatoms. The summed E-state index contributed by atoms with van der Waals surface area (Å²) in [5.41, 5.74) is 0. The van der Waals surface area contributed by atoms with Crippen LogP contribution in [-0.4, -0.2) is 18.5 Å². The summed E-state index contributed by atoms with van der Waals surface area (Å²) in [7, 11) is 0. The quantitative estimate of drug-likeness (QED) is 0.700. The first-order valence-electron chi connectivity index (χ1n) is 6.16. The number of Topliss-reactive ketones (excluding diaryl/α,β-unsaturated/α-hetero) is 1. The predicted octanol–water partition coefficient (Wildman–Crippen LogP) is 3.05. The summed E-state index contributed by atoms with van der Waals surface area (Å²) in [6, 6.07) is 0. The average molecular weight is 212 g/mol. The van der Waals surface area contributed by atoms with Crippen LogP contribution in [0.15, 0.2) is 0 Å². The Bertz CT molecular complexity index is 211. The molecule has 0 heterocycles. The molecule has 0 aliphatic heterocycles. The Kier molecular flexibility index (Phi) is 4.78. The fraction of sp³-hybridized carbons (Fsp3) is 0.923. The molecule has 1 fully saturated rings. The Labute approximate surface area is 93.4 Å². The minimum absolute atomic E-state index is 0.207. The molecular formula is C13H24O2. The van der Waals surface area contributed by atoms with Gasteiger partial charge in [-0.15, -0.1) is 0 Å². The maximum absolute atomic E-state index is 11.4. The fourth-order valence-corrected chi connectivity index (χ4v) is 2.28. The minimum atomic E-state index is 0.207. The van der Waals surface area contributed by atoms with Crippen molar-refractivity contribution in [1.29, 1.82) is 0 Å². The van der Waals surface area contributed by atoms with Crippen molar-refractivity contribution in [3.05, 3.63) is 0 Å². The molecule has 88 valence electrons. The van der Waals surface area contributed by atoms with E-state index in [0.717, 1.165) is 25.9 Å². The zero-order valence-corrected chi connectivity index (χ0v) is 10.5. The van der Waals surface area contributed by atoms with E-state index < -0.39 is 0 Å². The van der Waals surface area contributed by atoms with Crippen LogP contribution in [-0.2, 0) is 9.53 Å². The number of hydrogen-bond acceptors (Lipinski definition) is 2. The number of ether oxygens (including phenoxy) is 1. The molecule has 1 saturated carbocycles. The normalized spacial score (nSPS) is 28.7. The van der Waals surface area contributed by atoms with E-state index in [4.69, 9.17) is 4.74 Å². The second-order valence-electron chi connectivity index (χ2n) is 5.22. The van der Waals surface area contributed by atoms with Gasteiger partial charge in [0.2, 0.25) is 0 Å². The molecule has 0 bridgehead atoms. The molecule has 0 unspecified atom stereocenters. The summed E-state index contributed by atoms with van der Waals surface area (Å²) in [5, 5.41) is 0. The van der Waals surface area contributed by atoms with Crippen molar-refractivity contribution in [3.8, 4) is 0 Å². The van der Waals surface area contributed by atoms with Crippen molar-refractivity contribution >= 4 is 5.78 Å².